The van der Waals surface area contributed by atoms with Crippen LogP contribution in [-0.2, 0) is 0 Å². The number of aromatic nitrogens is 3. The lowest BCUT2D eigenvalue weighted by Crippen LogP contribution is -2.15. The normalized spacial score (nSPS) is 10.5. The van der Waals surface area contributed by atoms with E-state index in [9.17, 15) is 9.59 Å². The van der Waals surface area contributed by atoms with Gasteiger partial charge in [0.25, 0.3) is 11.5 Å². The highest BCUT2D eigenvalue weighted by atomic mass is 16.2. The second-order valence-electron chi connectivity index (χ2n) is 4.03. The first-order chi connectivity index (χ1) is 9.22. The van der Waals surface area contributed by atoms with Crippen LogP contribution in [0, 0.1) is 0 Å². The molecule has 2 aromatic heterocycles. The number of nitrogens with one attached hydrogen (secondary N) is 3. The van der Waals surface area contributed by atoms with E-state index in [0.29, 0.717) is 11.5 Å². The summed E-state index contributed by atoms with van der Waals surface area (Å²) in [4.78, 5) is 25.9. The standard InChI is InChI=1S/C13H10N4O2/c18-12-6-5-11(16-17-12)15-13(19)10-7-8-3-1-2-4-9(8)14-10/h1-7,14H,(H,17,18)(H,15,16,19). The Hall–Kier alpha value is -2.89. The van der Waals surface area contributed by atoms with Gasteiger partial charge >= 0.3 is 0 Å². The molecule has 3 rings (SSSR count). The average molecular weight is 254 g/mol. The molecule has 0 radical (unpaired) electrons. The molecule has 1 aromatic carbocycles. The smallest absolute Gasteiger partial charge is 0.273 e. The van der Waals surface area contributed by atoms with Crippen molar-refractivity contribution in [3.05, 3.63) is 58.5 Å². The molecule has 0 saturated heterocycles. The second-order valence-corrected chi connectivity index (χ2v) is 4.03. The first-order valence-corrected chi connectivity index (χ1v) is 5.67. The summed E-state index contributed by atoms with van der Waals surface area (Å²) in [6.07, 6.45) is 0. The van der Waals surface area contributed by atoms with Crippen molar-refractivity contribution in [1.82, 2.24) is 15.2 Å². The Bertz CT molecular complexity index is 750. The van der Waals surface area contributed by atoms with Gasteiger partial charge in [-0.05, 0) is 18.2 Å². The van der Waals surface area contributed by atoms with Crippen molar-refractivity contribution >= 4 is 22.6 Å². The molecule has 6 nitrogen and oxygen atoms in total. The van der Waals surface area contributed by atoms with Gasteiger partial charge in [0.2, 0.25) is 0 Å². The number of aromatic amines is 2. The molecule has 0 aliphatic rings. The van der Waals surface area contributed by atoms with E-state index >= 15 is 0 Å². The highest BCUT2D eigenvalue weighted by Gasteiger charge is 2.10. The van der Waals surface area contributed by atoms with Crippen molar-refractivity contribution in [1.29, 1.82) is 0 Å². The number of benzene rings is 1. The molecule has 0 aliphatic heterocycles. The molecule has 3 aromatic rings. The molecule has 6 heteroatoms. The van der Waals surface area contributed by atoms with E-state index in [1.54, 1.807) is 6.07 Å². The van der Waals surface area contributed by atoms with Gasteiger partial charge in [0.05, 0.1) is 0 Å². The molecule has 0 aliphatic carbocycles. The van der Waals surface area contributed by atoms with E-state index in [-0.39, 0.29) is 11.5 Å². The zero-order valence-corrected chi connectivity index (χ0v) is 9.81. The maximum Gasteiger partial charge on any atom is 0.273 e. The first-order valence-electron chi connectivity index (χ1n) is 5.67. The minimum atomic E-state index is -0.316. The number of hydrogen-bond donors (Lipinski definition) is 3. The summed E-state index contributed by atoms with van der Waals surface area (Å²) in [5.74, 6) is -0.0148. The molecule has 0 atom stereocenters. The van der Waals surface area contributed by atoms with E-state index in [1.165, 1.54) is 12.1 Å². The van der Waals surface area contributed by atoms with Gasteiger partial charge in [-0.25, -0.2) is 5.10 Å². The van der Waals surface area contributed by atoms with Gasteiger partial charge in [0, 0.05) is 17.0 Å². The van der Waals surface area contributed by atoms with Crippen LogP contribution >= 0.6 is 0 Å². The molecule has 0 fully saturated rings. The highest BCUT2D eigenvalue weighted by molar-refractivity contribution is 6.05. The van der Waals surface area contributed by atoms with Crippen LogP contribution in [0.15, 0.2) is 47.3 Å². The van der Waals surface area contributed by atoms with Crippen LogP contribution in [0.3, 0.4) is 0 Å². The fourth-order valence-corrected chi connectivity index (χ4v) is 1.79. The Morgan fingerprint density at radius 3 is 2.74 bits per heavy atom. The van der Waals surface area contributed by atoms with Crippen LogP contribution in [-0.4, -0.2) is 21.1 Å². The third-order valence-corrected chi connectivity index (χ3v) is 2.70. The molecule has 0 saturated carbocycles. The Morgan fingerprint density at radius 2 is 2.00 bits per heavy atom. The molecular weight excluding hydrogens is 244 g/mol. The van der Waals surface area contributed by atoms with E-state index < -0.39 is 0 Å². The summed E-state index contributed by atoms with van der Waals surface area (Å²) < 4.78 is 0. The van der Waals surface area contributed by atoms with Crippen molar-refractivity contribution in [3.8, 4) is 0 Å². The third kappa shape index (κ3) is 2.23. The number of carbonyl (C=O) groups is 1. The molecular formula is C13H10N4O2. The zero-order valence-electron chi connectivity index (χ0n) is 9.81. The molecule has 94 valence electrons. The number of hydrogen-bond acceptors (Lipinski definition) is 3. The fourth-order valence-electron chi connectivity index (χ4n) is 1.79. The summed E-state index contributed by atoms with van der Waals surface area (Å²) in [5, 5.41) is 9.52. The third-order valence-electron chi connectivity index (χ3n) is 2.70. The Morgan fingerprint density at radius 1 is 1.16 bits per heavy atom. The number of H-pyrrole nitrogens is 2. The van der Waals surface area contributed by atoms with Crippen LogP contribution in [0.25, 0.3) is 10.9 Å². The molecule has 0 unspecified atom stereocenters. The summed E-state index contributed by atoms with van der Waals surface area (Å²) in [5.41, 5.74) is 1.01. The van der Waals surface area contributed by atoms with Gasteiger partial charge in [0.1, 0.15) is 5.69 Å². The van der Waals surface area contributed by atoms with Crippen LogP contribution in [0.1, 0.15) is 10.5 Å². The lowest BCUT2D eigenvalue weighted by atomic mass is 10.2. The van der Waals surface area contributed by atoms with Gasteiger partial charge in [-0.3, -0.25) is 9.59 Å². The summed E-state index contributed by atoms with van der Waals surface area (Å²) in [6, 6.07) is 12.1. The monoisotopic (exact) mass is 254 g/mol. The summed E-state index contributed by atoms with van der Waals surface area (Å²) in [6.45, 7) is 0. The number of para-hydroxylation sites is 1. The van der Waals surface area contributed by atoms with Gasteiger partial charge in [-0.1, -0.05) is 18.2 Å². The number of fused-ring (bicyclic) bond motifs is 1. The van der Waals surface area contributed by atoms with Crippen LogP contribution in [0.4, 0.5) is 5.82 Å². The topological polar surface area (TPSA) is 90.6 Å². The lowest BCUT2D eigenvalue weighted by molar-refractivity contribution is 0.102. The number of anilines is 1. The first kappa shape index (κ1) is 11.2. The Kier molecular flexibility index (Phi) is 2.60. The van der Waals surface area contributed by atoms with Gasteiger partial charge < -0.3 is 10.3 Å². The Labute approximate surface area is 107 Å². The van der Waals surface area contributed by atoms with Gasteiger partial charge in [0.15, 0.2) is 5.82 Å². The zero-order chi connectivity index (χ0) is 13.2. The van der Waals surface area contributed by atoms with E-state index in [1.807, 2.05) is 24.3 Å². The van der Waals surface area contributed by atoms with Crippen molar-refractivity contribution in [2.24, 2.45) is 0 Å². The van der Waals surface area contributed by atoms with Crippen molar-refractivity contribution in [2.45, 2.75) is 0 Å². The quantitative estimate of drug-likeness (QED) is 0.647. The number of carbonyl (C=O) groups excluding carboxylic acids is 1. The molecule has 19 heavy (non-hydrogen) atoms. The molecule has 3 N–H and O–H groups in total. The minimum absolute atomic E-state index is 0.295. The number of rotatable bonds is 2. The number of nitrogens with zero attached hydrogens (tertiary/aromatic N) is 1. The summed E-state index contributed by atoms with van der Waals surface area (Å²) in [7, 11) is 0. The van der Waals surface area contributed by atoms with Crippen LogP contribution in [0.5, 0.6) is 0 Å². The van der Waals surface area contributed by atoms with E-state index in [0.717, 1.165) is 10.9 Å². The predicted molar refractivity (Wildman–Crippen MR) is 71.1 cm³/mol. The van der Waals surface area contributed by atoms with Crippen LogP contribution < -0.4 is 10.9 Å². The predicted octanol–water partition coefficient (Wildman–Crippen LogP) is 1.50. The van der Waals surface area contributed by atoms with Gasteiger partial charge in [-0.15, -0.1) is 0 Å². The second kappa shape index (κ2) is 4.41. The average Bonchev–Trinajstić information content (AvgIpc) is 2.85. The van der Waals surface area contributed by atoms with E-state index in [2.05, 4.69) is 20.5 Å². The SMILES string of the molecule is O=C(Nc1ccc(=O)[nH]n1)c1cc2ccccc2[nH]1. The lowest BCUT2D eigenvalue weighted by Gasteiger charge is -2.00. The van der Waals surface area contributed by atoms with Crippen molar-refractivity contribution < 1.29 is 4.79 Å². The highest BCUT2D eigenvalue weighted by Crippen LogP contribution is 2.15. The molecule has 1 amide bonds. The fraction of sp³-hybridized carbons (Fsp3) is 0. The van der Waals surface area contributed by atoms with E-state index in [4.69, 9.17) is 0 Å². The Balaban J connectivity index is 1.87. The maximum atomic E-state index is 12.0. The largest absolute Gasteiger partial charge is 0.351 e. The van der Waals surface area contributed by atoms with Crippen molar-refractivity contribution in [2.75, 3.05) is 5.32 Å². The number of amides is 1. The maximum absolute atomic E-state index is 12.0. The van der Waals surface area contributed by atoms with Crippen molar-refractivity contribution in [3.63, 3.8) is 0 Å². The molecule has 2 heterocycles. The van der Waals surface area contributed by atoms with Crippen LogP contribution in [0.2, 0.25) is 0 Å². The minimum Gasteiger partial charge on any atom is -0.351 e. The molecule has 0 bridgehead atoms. The molecule has 0 spiro atoms. The van der Waals surface area contributed by atoms with Gasteiger partial charge in [-0.2, -0.15) is 5.10 Å². The summed E-state index contributed by atoms with van der Waals surface area (Å²) >= 11 is 0.